The predicted octanol–water partition coefficient (Wildman–Crippen LogP) is 5.09. The number of nitrogens with zero attached hydrogens (tertiary/aromatic N) is 4. The van der Waals surface area contributed by atoms with Gasteiger partial charge >= 0.3 is 0 Å². The van der Waals surface area contributed by atoms with Crippen LogP contribution in [0.4, 0.5) is 0 Å². The maximum Gasteiger partial charge on any atom is 0.256 e. The van der Waals surface area contributed by atoms with Crippen molar-refractivity contribution in [1.82, 2.24) is 19.2 Å². The molecule has 0 N–H and O–H groups in total. The summed E-state index contributed by atoms with van der Waals surface area (Å²) in [4.78, 5) is 14.9. The Morgan fingerprint density at radius 1 is 0.967 bits per heavy atom. The number of fused-ring (bicyclic) bond motifs is 1. The molecule has 1 amide bonds. The number of benzene rings is 2. The summed E-state index contributed by atoms with van der Waals surface area (Å²) >= 11 is 6.26. The Bertz CT molecular complexity index is 1260. The molecule has 0 fully saturated rings. The molecule has 5 nitrogen and oxygen atoms in total. The van der Waals surface area contributed by atoms with E-state index in [2.05, 4.69) is 36.6 Å². The molecule has 0 saturated carbocycles. The first-order chi connectivity index (χ1) is 14.5. The fraction of sp³-hybridized carbons (Fsp3) is 0.167. The number of hydrogen-bond acceptors (Lipinski definition) is 2. The number of aryl methyl sites for hydroxylation is 2. The van der Waals surface area contributed by atoms with Crippen LogP contribution in [-0.4, -0.2) is 25.2 Å². The monoisotopic (exact) mass is 416 g/mol. The first-order valence-corrected chi connectivity index (χ1v) is 10.3. The van der Waals surface area contributed by atoms with E-state index in [9.17, 15) is 4.79 Å². The number of rotatable bonds is 3. The number of carbonyl (C=O) groups is 1. The van der Waals surface area contributed by atoms with Gasteiger partial charge in [0.25, 0.3) is 5.91 Å². The molecule has 3 heterocycles. The fourth-order valence-corrected chi connectivity index (χ4v) is 4.15. The average Bonchev–Trinajstić information content (AvgIpc) is 3.45. The van der Waals surface area contributed by atoms with Crippen LogP contribution in [0.25, 0.3) is 11.5 Å². The Morgan fingerprint density at radius 2 is 1.73 bits per heavy atom. The van der Waals surface area contributed by atoms with Gasteiger partial charge in [0.2, 0.25) is 0 Å². The maximum atomic E-state index is 13.1. The van der Waals surface area contributed by atoms with Gasteiger partial charge in [-0.2, -0.15) is 5.10 Å². The summed E-state index contributed by atoms with van der Waals surface area (Å²) < 4.78 is 4.04. The van der Waals surface area contributed by atoms with Gasteiger partial charge in [0.15, 0.2) is 0 Å². The van der Waals surface area contributed by atoms with E-state index in [0.717, 1.165) is 22.8 Å². The lowest BCUT2D eigenvalue weighted by Gasteiger charge is -2.18. The highest BCUT2D eigenvalue weighted by Gasteiger charge is 2.32. The fourth-order valence-electron chi connectivity index (χ4n) is 3.93. The van der Waals surface area contributed by atoms with Crippen molar-refractivity contribution >= 4 is 17.5 Å². The Labute approximate surface area is 180 Å². The van der Waals surface area contributed by atoms with Crippen LogP contribution in [0.5, 0.6) is 0 Å². The molecule has 150 valence electrons. The first-order valence-electron chi connectivity index (χ1n) is 9.88. The third-order valence-electron chi connectivity index (χ3n) is 5.70. The minimum Gasteiger partial charge on any atom is -0.328 e. The Balaban J connectivity index is 1.57. The Hall–Kier alpha value is -3.31. The highest BCUT2D eigenvalue weighted by atomic mass is 35.5. The van der Waals surface area contributed by atoms with Gasteiger partial charge in [0, 0.05) is 18.0 Å². The molecule has 2 aromatic heterocycles. The third kappa shape index (κ3) is 3.02. The number of aromatic nitrogens is 3. The quantitative estimate of drug-likeness (QED) is 0.467. The van der Waals surface area contributed by atoms with E-state index >= 15 is 0 Å². The van der Waals surface area contributed by atoms with Gasteiger partial charge in [0.05, 0.1) is 35.1 Å². The smallest absolute Gasteiger partial charge is 0.256 e. The second-order valence-corrected chi connectivity index (χ2v) is 8.07. The second kappa shape index (κ2) is 7.18. The molecule has 0 aliphatic carbocycles. The van der Waals surface area contributed by atoms with Gasteiger partial charge < -0.3 is 9.47 Å². The van der Waals surface area contributed by atoms with Gasteiger partial charge in [-0.15, -0.1) is 0 Å². The summed E-state index contributed by atoms with van der Waals surface area (Å²) in [5.41, 5.74) is 5.98. The highest BCUT2D eigenvalue weighted by Crippen LogP contribution is 2.32. The van der Waals surface area contributed by atoms with Crippen LogP contribution in [0, 0.1) is 13.8 Å². The van der Waals surface area contributed by atoms with Crippen molar-refractivity contribution in [3.8, 4) is 11.5 Å². The summed E-state index contributed by atoms with van der Waals surface area (Å²) in [5, 5.41) is 5.38. The van der Waals surface area contributed by atoms with Crippen LogP contribution < -0.4 is 0 Å². The van der Waals surface area contributed by atoms with Gasteiger partial charge in [-0.25, -0.2) is 4.68 Å². The van der Waals surface area contributed by atoms with Crippen LogP contribution in [0.2, 0.25) is 5.02 Å². The molecular formula is C24H21ClN4O. The molecule has 0 bridgehead atoms. The minimum atomic E-state index is -0.0743. The van der Waals surface area contributed by atoms with Crippen LogP contribution >= 0.6 is 11.6 Å². The van der Waals surface area contributed by atoms with Crippen molar-refractivity contribution in [3.05, 3.63) is 100.0 Å². The van der Waals surface area contributed by atoms with E-state index in [4.69, 9.17) is 16.7 Å². The van der Waals surface area contributed by atoms with Crippen LogP contribution in [-0.2, 0) is 13.1 Å². The molecule has 30 heavy (non-hydrogen) atoms. The van der Waals surface area contributed by atoms with Crippen molar-refractivity contribution in [3.63, 3.8) is 0 Å². The van der Waals surface area contributed by atoms with E-state index < -0.39 is 0 Å². The van der Waals surface area contributed by atoms with Crippen LogP contribution in [0.1, 0.15) is 32.7 Å². The standard InChI is InChI=1S/C24H21ClN4O/c1-16-9-10-18(13-17(16)2)29-23(27-11-5-6-12-27)20-14-28(15-22(20)26-29)24(30)19-7-3-4-8-21(19)25/h3-13H,14-15H2,1-2H3. The van der Waals surface area contributed by atoms with Crippen LogP contribution in [0.15, 0.2) is 67.0 Å². The summed E-state index contributed by atoms with van der Waals surface area (Å²) in [5.74, 6) is 0.891. The maximum absolute atomic E-state index is 13.1. The molecule has 5 rings (SSSR count). The lowest BCUT2D eigenvalue weighted by molar-refractivity contribution is 0.0749. The minimum absolute atomic E-state index is 0.0743. The van der Waals surface area contributed by atoms with Crippen molar-refractivity contribution < 1.29 is 4.79 Å². The Morgan fingerprint density at radius 3 is 2.47 bits per heavy atom. The lowest BCUT2D eigenvalue weighted by Crippen LogP contribution is -2.26. The van der Waals surface area contributed by atoms with Gasteiger partial charge in [-0.05, 0) is 61.4 Å². The molecule has 0 spiro atoms. The molecule has 0 saturated heterocycles. The zero-order chi connectivity index (χ0) is 20.8. The van der Waals surface area contributed by atoms with E-state index in [1.807, 2.05) is 41.3 Å². The lowest BCUT2D eigenvalue weighted by atomic mass is 10.1. The number of amides is 1. The molecule has 6 heteroatoms. The summed E-state index contributed by atoms with van der Waals surface area (Å²) in [6.07, 6.45) is 4.01. The van der Waals surface area contributed by atoms with Crippen molar-refractivity contribution in [2.45, 2.75) is 26.9 Å². The van der Waals surface area contributed by atoms with E-state index in [1.54, 1.807) is 17.0 Å². The number of halogens is 1. The molecule has 0 unspecified atom stereocenters. The van der Waals surface area contributed by atoms with Crippen molar-refractivity contribution in [2.24, 2.45) is 0 Å². The van der Waals surface area contributed by atoms with Gasteiger partial charge in [-0.3, -0.25) is 4.79 Å². The Kier molecular flexibility index (Phi) is 4.48. The first kappa shape index (κ1) is 18.7. The normalized spacial score (nSPS) is 13.0. The van der Waals surface area contributed by atoms with E-state index in [1.165, 1.54) is 11.1 Å². The second-order valence-electron chi connectivity index (χ2n) is 7.66. The van der Waals surface area contributed by atoms with E-state index in [0.29, 0.717) is 23.7 Å². The molecule has 4 aromatic rings. The SMILES string of the molecule is Cc1ccc(-n2nc3c(c2-n2cccc2)CN(C(=O)c2ccccc2Cl)C3)cc1C. The summed E-state index contributed by atoms with van der Waals surface area (Å²) in [6, 6.07) is 17.5. The third-order valence-corrected chi connectivity index (χ3v) is 6.03. The molecule has 0 radical (unpaired) electrons. The summed E-state index contributed by atoms with van der Waals surface area (Å²) in [7, 11) is 0. The predicted molar refractivity (Wildman–Crippen MR) is 117 cm³/mol. The molecular weight excluding hydrogens is 396 g/mol. The van der Waals surface area contributed by atoms with Crippen molar-refractivity contribution in [2.75, 3.05) is 0 Å². The van der Waals surface area contributed by atoms with Crippen molar-refractivity contribution in [1.29, 1.82) is 0 Å². The van der Waals surface area contributed by atoms with Gasteiger partial charge in [0.1, 0.15) is 5.82 Å². The van der Waals surface area contributed by atoms with Gasteiger partial charge in [-0.1, -0.05) is 29.8 Å². The zero-order valence-electron chi connectivity index (χ0n) is 16.8. The molecule has 1 aliphatic heterocycles. The average molecular weight is 417 g/mol. The highest BCUT2D eigenvalue weighted by molar-refractivity contribution is 6.33. The topological polar surface area (TPSA) is 43.1 Å². The van der Waals surface area contributed by atoms with Crippen LogP contribution in [0.3, 0.4) is 0 Å². The number of carbonyl (C=O) groups excluding carboxylic acids is 1. The largest absolute Gasteiger partial charge is 0.328 e. The summed E-state index contributed by atoms with van der Waals surface area (Å²) in [6.45, 7) is 5.17. The molecule has 1 aliphatic rings. The van der Waals surface area contributed by atoms with E-state index in [-0.39, 0.29) is 5.91 Å². The zero-order valence-corrected chi connectivity index (χ0v) is 17.6. The molecule has 0 atom stereocenters. The molecule has 2 aromatic carbocycles. The number of hydrogen-bond donors (Lipinski definition) is 0.